The van der Waals surface area contributed by atoms with Crippen LogP contribution >= 0.6 is 0 Å². The third-order valence-corrected chi connectivity index (χ3v) is 2.87. The number of anilines is 1. The van der Waals surface area contributed by atoms with E-state index < -0.39 is 17.5 Å². The number of nitrogens with one attached hydrogen (secondary N) is 1. The molecule has 0 saturated heterocycles. The van der Waals surface area contributed by atoms with Crippen LogP contribution in [0.2, 0.25) is 0 Å². The highest BCUT2D eigenvalue weighted by atomic mass is 19.1. The molecular weight excluding hydrogens is 264 g/mol. The normalized spacial score (nSPS) is 10.8. The summed E-state index contributed by atoms with van der Waals surface area (Å²) in [5, 5.41) is 2.60. The van der Waals surface area contributed by atoms with Crippen LogP contribution in [0.15, 0.2) is 12.1 Å². The second kappa shape index (κ2) is 7.19. The monoisotopic (exact) mass is 285 g/mol. The standard InChI is InChI=1S/C14H21F2N3O/c1-5-17-13-11(15)8-10(9-12(13)16)14(20)19(4)7-6-18(2)3/h8-9,17H,5-7H2,1-4H3. The van der Waals surface area contributed by atoms with Gasteiger partial charge in [0.1, 0.15) is 17.3 Å². The summed E-state index contributed by atoms with van der Waals surface area (Å²) >= 11 is 0. The lowest BCUT2D eigenvalue weighted by atomic mass is 10.1. The minimum absolute atomic E-state index is 0.0166. The van der Waals surface area contributed by atoms with Crippen LogP contribution in [-0.4, -0.2) is 56.5 Å². The summed E-state index contributed by atoms with van der Waals surface area (Å²) in [6, 6.07) is 2.13. The maximum Gasteiger partial charge on any atom is 0.253 e. The number of hydrogen-bond acceptors (Lipinski definition) is 3. The predicted molar refractivity (Wildman–Crippen MR) is 76.0 cm³/mol. The molecule has 1 rings (SSSR count). The maximum absolute atomic E-state index is 13.8. The molecule has 0 heterocycles. The van der Waals surface area contributed by atoms with Crippen molar-refractivity contribution in [3.63, 3.8) is 0 Å². The Labute approximate surface area is 118 Å². The van der Waals surface area contributed by atoms with Gasteiger partial charge in [-0.15, -0.1) is 0 Å². The van der Waals surface area contributed by atoms with Crippen molar-refractivity contribution in [1.29, 1.82) is 0 Å². The first-order valence-corrected chi connectivity index (χ1v) is 6.50. The number of carbonyl (C=O) groups is 1. The molecular formula is C14H21F2N3O. The Morgan fingerprint density at radius 3 is 2.15 bits per heavy atom. The van der Waals surface area contributed by atoms with Crippen LogP contribution in [0.4, 0.5) is 14.5 Å². The fourth-order valence-electron chi connectivity index (χ4n) is 1.71. The molecule has 0 aromatic heterocycles. The smallest absolute Gasteiger partial charge is 0.253 e. The summed E-state index contributed by atoms with van der Waals surface area (Å²) < 4.78 is 27.5. The van der Waals surface area contributed by atoms with Crippen molar-refractivity contribution in [2.75, 3.05) is 46.1 Å². The Balaban J connectivity index is 2.88. The summed E-state index contributed by atoms with van der Waals surface area (Å²) in [5.74, 6) is -1.90. The van der Waals surface area contributed by atoms with Crippen LogP contribution < -0.4 is 5.32 Å². The first kappa shape index (κ1) is 16.4. The van der Waals surface area contributed by atoms with E-state index in [-0.39, 0.29) is 11.3 Å². The SMILES string of the molecule is CCNc1c(F)cc(C(=O)N(C)CCN(C)C)cc1F. The van der Waals surface area contributed by atoms with Crippen LogP contribution in [0.1, 0.15) is 17.3 Å². The van der Waals surface area contributed by atoms with Crippen molar-refractivity contribution in [2.24, 2.45) is 0 Å². The highest BCUT2D eigenvalue weighted by molar-refractivity contribution is 5.94. The molecule has 0 radical (unpaired) electrons. The summed E-state index contributed by atoms with van der Waals surface area (Å²) in [6.45, 7) is 3.32. The molecule has 20 heavy (non-hydrogen) atoms. The van der Waals surface area contributed by atoms with E-state index in [1.165, 1.54) is 4.90 Å². The van der Waals surface area contributed by atoms with Gasteiger partial charge >= 0.3 is 0 Å². The number of carbonyl (C=O) groups excluding carboxylic acids is 1. The van der Waals surface area contributed by atoms with Gasteiger partial charge in [-0.3, -0.25) is 4.79 Å². The molecule has 1 aromatic rings. The minimum atomic E-state index is -0.754. The van der Waals surface area contributed by atoms with Crippen molar-refractivity contribution in [1.82, 2.24) is 9.80 Å². The second-order valence-electron chi connectivity index (χ2n) is 4.88. The lowest BCUT2D eigenvalue weighted by Gasteiger charge is -2.20. The van der Waals surface area contributed by atoms with Gasteiger partial charge < -0.3 is 15.1 Å². The number of benzene rings is 1. The summed E-state index contributed by atoms with van der Waals surface area (Å²) in [5.41, 5.74) is -0.178. The van der Waals surface area contributed by atoms with Gasteiger partial charge in [-0.25, -0.2) is 8.78 Å². The molecule has 0 aliphatic rings. The largest absolute Gasteiger partial charge is 0.381 e. The molecule has 1 N–H and O–H groups in total. The van der Waals surface area contributed by atoms with Gasteiger partial charge in [0.05, 0.1) is 0 Å². The zero-order chi connectivity index (χ0) is 15.3. The van der Waals surface area contributed by atoms with Crippen LogP contribution in [0.25, 0.3) is 0 Å². The van der Waals surface area contributed by atoms with E-state index in [1.54, 1.807) is 14.0 Å². The zero-order valence-electron chi connectivity index (χ0n) is 12.3. The van der Waals surface area contributed by atoms with E-state index in [4.69, 9.17) is 0 Å². The van der Waals surface area contributed by atoms with E-state index in [0.717, 1.165) is 12.1 Å². The highest BCUT2D eigenvalue weighted by Crippen LogP contribution is 2.21. The number of amides is 1. The van der Waals surface area contributed by atoms with Crippen molar-refractivity contribution >= 4 is 11.6 Å². The Morgan fingerprint density at radius 1 is 1.15 bits per heavy atom. The van der Waals surface area contributed by atoms with E-state index in [2.05, 4.69) is 5.32 Å². The van der Waals surface area contributed by atoms with Crippen molar-refractivity contribution in [3.05, 3.63) is 29.3 Å². The van der Waals surface area contributed by atoms with Gasteiger partial charge in [0.25, 0.3) is 5.91 Å². The molecule has 0 spiro atoms. The van der Waals surface area contributed by atoms with Crippen molar-refractivity contribution in [2.45, 2.75) is 6.92 Å². The highest BCUT2D eigenvalue weighted by Gasteiger charge is 2.17. The van der Waals surface area contributed by atoms with Gasteiger partial charge in [-0.1, -0.05) is 0 Å². The summed E-state index contributed by atoms with van der Waals surface area (Å²) in [7, 11) is 5.39. The molecule has 0 aliphatic carbocycles. The first-order valence-electron chi connectivity index (χ1n) is 6.50. The predicted octanol–water partition coefficient (Wildman–Crippen LogP) is 2.03. The van der Waals surface area contributed by atoms with E-state index in [0.29, 0.717) is 19.6 Å². The Hall–Kier alpha value is -1.69. The zero-order valence-corrected chi connectivity index (χ0v) is 12.3. The molecule has 0 unspecified atom stereocenters. The van der Waals surface area contributed by atoms with Crippen LogP contribution in [0, 0.1) is 11.6 Å². The van der Waals surface area contributed by atoms with Gasteiger partial charge in [0.2, 0.25) is 0 Å². The number of rotatable bonds is 6. The van der Waals surface area contributed by atoms with Crippen LogP contribution in [-0.2, 0) is 0 Å². The molecule has 1 amide bonds. The van der Waals surface area contributed by atoms with Gasteiger partial charge in [0, 0.05) is 32.2 Å². The Kier molecular flexibility index (Phi) is 5.88. The third-order valence-electron chi connectivity index (χ3n) is 2.87. The Bertz CT molecular complexity index is 454. The average molecular weight is 285 g/mol. The summed E-state index contributed by atoms with van der Waals surface area (Å²) in [6.07, 6.45) is 0. The third kappa shape index (κ3) is 4.16. The fraction of sp³-hybridized carbons (Fsp3) is 0.500. The quantitative estimate of drug-likeness (QED) is 0.868. The molecule has 112 valence electrons. The molecule has 0 atom stereocenters. The number of halogens is 2. The number of nitrogens with zero attached hydrogens (tertiary/aromatic N) is 2. The van der Waals surface area contributed by atoms with Gasteiger partial charge in [-0.2, -0.15) is 0 Å². The minimum Gasteiger partial charge on any atom is -0.381 e. The fourth-order valence-corrected chi connectivity index (χ4v) is 1.71. The molecule has 0 fully saturated rings. The van der Waals surface area contributed by atoms with Crippen LogP contribution in [0.5, 0.6) is 0 Å². The molecule has 0 saturated carbocycles. The molecule has 4 nitrogen and oxygen atoms in total. The molecule has 1 aromatic carbocycles. The topological polar surface area (TPSA) is 35.6 Å². The maximum atomic E-state index is 13.8. The number of likely N-dealkylation sites (N-methyl/N-ethyl adjacent to an activating group) is 2. The average Bonchev–Trinajstić information content (AvgIpc) is 2.39. The van der Waals surface area contributed by atoms with Gasteiger partial charge in [-0.05, 0) is 33.2 Å². The molecule has 0 bridgehead atoms. The van der Waals surface area contributed by atoms with E-state index in [9.17, 15) is 13.6 Å². The number of hydrogen-bond donors (Lipinski definition) is 1. The first-order chi connectivity index (χ1) is 9.36. The van der Waals surface area contributed by atoms with Crippen LogP contribution in [0.3, 0.4) is 0 Å². The van der Waals surface area contributed by atoms with E-state index >= 15 is 0 Å². The molecule has 0 aliphatic heterocycles. The van der Waals surface area contributed by atoms with Crippen molar-refractivity contribution < 1.29 is 13.6 Å². The second-order valence-corrected chi connectivity index (χ2v) is 4.88. The Morgan fingerprint density at radius 2 is 1.70 bits per heavy atom. The lowest BCUT2D eigenvalue weighted by molar-refractivity contribution is 0.0785. The molecule has 6 heteroatoms. The summed E-state index contributed by atoms with van der Waals surface area (Å²) in [4.78, 5) is 15.5. The van der Waals surface area contributed by atoms with Gasteiger partial charge in [0.15, 0.2) is 0 Å². The van der Waals surface area contributed by atoms with E-state index in [1.807, 2.05) is 19.0 Å². The lowest BCUT2D eigenvalue weighted by Crippen LogP contribution is -2.33. The van der Waals surface area contributed by atoms with Crippen molar-refractivity contribution in [3.8, 4) is 0 Å².